The molecule has 4 heteroatoms. The van der Waals surface area contributed by atoms with Crippen LogP contribution in [0.4, 0.5) is 0 Å². The third-order valence-corrected chi connectivity index (χ3v) is 2.32. The molecule has 0 saturated heterocycles. The zero-order valence-electron chi connectivity index (χ0n) is 6.56. The van der Waals surface area contributed by atoms with Crippen LogP contribution in [-0.4, -0.2) is 15.2 Å². The van der Waals surface area contributed by atoms with E-state index in [9.17, 15) is 4.79 Å². The van der Waals surface area contributed by atoms with Crippen molar-refractivity contribution >= 4 is 16.8 Å². The number of imidazole rings is 1. The highest BCUT2D eigenvalue weighted by atomic mass is 35.5. The molecule has 0 aromatic carbocycles. The maximum atomic E-state index is 10.7. The number of carbonyl (C=O) groups is 1. The van der Waals surface area contributed by atoms with Crippen LogP contribution < -0.4 is 0 Å². The molecule has 12 heavy (non-hydrogen) atoms. The molecule has 64 valence electrons. The Bertz CT molecular complexity index is 295. The van der Waals surface area contributed by atoms with Gasteiger partial charge < -0.3 is 4.98 Å². The van der Waals surface area contributed by atoms with E-state index in [0.29, 0.717) is 5.82 Å². The van der Waals surface area contributed by atoms with Gasteiger partial charge in [-0.15, -0.1) is 0 Å². The van der Waals surface area contributed by atoms with Crippen LogP contribution in [0.5, 0.6) is 0 Å². The number of nitrogens with one attached hydrogen (secondary N) is 1. The summed E-state index contributed by atoms with van der Waals surface area (Å²) in [7, 11) is 0. The van der Waals surface area contributed by atoms with Crippen molar-refractivity contribution in [2.75, 3.05) is 0 Å². The molecule has 0 amide bonds. The number of nitrogens with zero attached hydrogens (tertiary/aromatic N) is 1. The number of aryl methyl sites for hydroxylation is 2. The Morgan fingerprint density at radius 3 is 2.83 bits per heavy atom. The summed E-state index contributed by atoms with van der Waals surface area (Å²) in [6, 6.07) is 0. The van der Waals surface area contributed by atoms with Crippen molar-refractivity contribution < 1.29 is 4.79 Å². The molecule has 3 nitrogen and oxygen atoms in total. The first-order valence-electron chi connectivity index (χ1n) is 4.05. The monoisotopic (exact) mass is 184 g/mol. The van der Waals surface area contributed by atoms with Crippen molar-refractivity contribution in [3.05, 3.63) is 17.2 Å². The zero-order chi connectivity index (χ0) is 8.55. The minimum Gasteiger partial charge on any atom is -0.338 e. The largest absolute Gasteiger partial charge is 0.338 e. The summed E-state index contributed by atoms with van der Waals surface area (Å²) in [5.74, 6) is 0.295. The van der Waals surface area contributed by atoms with E-state index >= 15 is 0 Å². The van der Waals surface area contributed by atoms with E-state index in [-0.39, 0.29) is 0 Å². The number of hydrogen-bond acceptors (Lipinski definition) is 2. The first kappa shape index (κ1) is 7.80. The number of aromatic amines is 1. The van der Waals surface area contributed by atoms with Gasteiger partial charge in [-0.1, -0.05) is 0 Å². The molecule has 1 N–H and O–H groups in total. The fourth-order valence-electron chi connectivity index (χ4n) is 1.55. The molecule has 1 heterocycles. The second kappa shape index (κ2) is 2.90. The topological polar surface area (TPSA) is 45.8 Å². The SMILES string of the molecule is O=C(Cl)c1nc2c([nH]1)CCCC2. The van der Waals surface area contributed by atoms with Crippen molar-refractivity contribution in [1.29, 1.82) is 0 Å². The first-order chi connectivity index (χ1) is 5.77. The standard InChI is InChI=1S/C8H9ClN2O/c9-7(12)8-10-5-3-1-2-4-6(5)11-8/h1-4H2,(H,10,11). The second-order valence-electron chi connectivity index (χ2n) is 2.99. The van der Waals surface area contributed by atoms with E-state index in [1.165, 1.54) is 6.42 Å². The molecule has 0 fully saturated rings. The lowest BCUT2D eigenvalue weighted by Crippen LogP contribution is -2.00. The van der Waals surface area contributed by atoms with Gasteiger partial charge in [0, 0.05) is 5.69 Å². The second-order valence-corrected chi connectivity index (χ2v) is 3.33. The fraction of sp³-hybridized carbons (Fsp3) is 0.500. The molecule has 1 aliphatic rings. The van der Waals surface area contributed by atoms with Crippen LogP contribution in [0.3, 0.4) is 0 Å². The van der Waals surface area contributed by atoms with Crippen molar-refractivity contribution in [3.63, 3.8) is 0 Å². The van der Waals surface area contributed by atoms with E-state index < -0.39 is 5.24 Å². The van der Waals surface area contributed by atoms with Gasteiger partial charge >= 0.3 is 0 Å². The van der Waals surface area contributed by atoms with Crippen LogP contribution in [0.15, 0.2) is 0 Å². The number of H-pyrrole nitrogens is 1. The molecule has 1 aromatic heterocycles. The third-order valence-electron chi connectivity index (χ3n) is 2.14. The Kier molecular flexibility index (Phi) is 1.89. The van der Waals surface area contributed by atoms with Crippen molar-refractivity contribution in [2.24, 2.45) is 0 Å². The Morgan fingerprint density at radius 1 is 1.42 bits per heavy atom. The lowest BCUT2D eigenvalue weighted by atomic mass is 10.0. The number of aromatic nitrogens is 2. The Hall–Kier alpha value is -0.830. The maximum Gasteiger partial charge on any atom is 0.287 e. The summed E-state index contributed by atoms with van der Waals surface area (Å²) in [5, 5.41) is -0.496. The number of rotatable bonds is 1. The van der Waals surface area contributed by atoms with E-state index in [0.717, 1.165) is 30.7 Å². The lowest BCUT2D eigenvalue weighted by molar-refractivity contribution is 0.107. The van der Waals surface area contributed by atoms with Gasteiger partial charge in [-0.25, -0.2) is 4.98 Å². The summed E-state index contributed by atoms with van der Waals surface area (Å²) >= 11 is 5.29. The van der Waals surface area contributed by atoms with Crippen molar-refractivity contribution in [2.45, 2.75) is 25.7 Å². The van der Waals surface area contributed by atoms with Crippen molar-refractivity contribution in [3.8, 4) is 0 Å². The summed E-state index contributed by atoms with van der Waals surface area (Å²) in [5.41, 5.74) is 2.11. The Morgan fingerprint density at radius 2 is 2.17 bits per heavy atom. The molecule has 0 aliphatic heterocycles. The number of carbonyl (C=O) groups excluding carboxylic acids is 1. The summed E-state index contributed by atoms with van der Waals surface area (Å²) in [4.78, 5) is 17.8. The van der Waals surface area contributed by atoms with Crippen LogP contribution in [0.1, 0.15) is 34.8 Å². The minimum absolute atomic E-state index is 0.295. The predicted molar refractivity (Wildman–Crippen MR) is 45.4 cm³/mol. The lowest BCUT2D eigenvalue weighted by Gasteiger charge is -2.07. The Balaban J connectivity index is 2.38. The fourth-order valence-corrected chi connectivity index (χ4v) is 1.64. The van der Waals surface area contributed by atoms with Crippen LogP contribution >= 0.6 is 11.6 Å². The quantitative estimate of drug-likeness (QED) is 0.675. The van der Waals surface area contributed by atoms with Gasteiger partial charge in [0.2, 0.25) is 0 Å². The molecule has 0 spiro atoms. The number of hydrogen-bond donors (Lipinski definition) is 1. The molecule has 0 unspecified atom stereocenters. The normalized spacial score (nSPS) is 15.8. The number of fused-ring (bicyclic) bond motifs is 1. The van der Waals surface area contributed by atoms with Gasteiger partial charge in [0.25, 0.3) is 5.24 Å². The Labute approximate surface area is 75.1 Å². The molecule has 0 radical (unpaired) electrons. The molecule has 1 aromatic rings. The molecule has 1 aliphatic carbocycles. The summed E-state index contributed by atoms with van der Waals surface area (Å²) in [6.45, 7) is 0. The molecule has 0 atom stereocenters. The molecular weight excluding hydrogens is 176 g/mol. The summed E-state index contributed by atoms with van der Waals surface area (Å²) < 4.78 is 0. The van der Waals surface area contributed by atoms with Gasteiger partial charge in [-0.05, 0) is 37.3 Å². The maximum absolute atomic E-state index is 10.7. The van der Waals surface area contributed by atoms with E-state index in [1.807, 2.05) is 0 Å². The van der Waals surface area contributed by atoms with Crippen LogP contribution in [0.25, 0.3) is 0 Å². The highest BCUT2D eigenvalue weighted by molar-refractivity contribution is 6.67. The predicted octanol–water partition coefficient (Wildman–Crippen LogP) is 1.67. The first-order valence-corrected chi connectivity index (χ1v) is 4.43. The van der Waals surface area contributed by atoms with E-state index in [1.54, 1.807) is 0 Å². The molecule has 0 bridgehead atoms. The van der Waals surface area contributed by atoms with Crippen LogP contribution in [0, 0.1) is 0 Å². The number of halogens is 1. The van der Waals surface area contributed by atoms with Gasteiger partial charge in [-0.2, -0.15) is 0 Å². The van der Waals surface area contributed by atoms with Crippen LogP contribution in [0.2, 0.25) is 0 Å². The molecular formula is C8H9ClN2O. The zero-order valence-corrected chi connectivity index (χ0v) is 7.32. The van der Waals surface area contributed by atoms with E-state index in [4.69, 9.17) is 11.6 Å². The van der Waals surface area contributed by atoms with Gasteiger partial charge in [0.05, 0.1) is 5.69 Å². The third kappa shape index (κ3) is 1.25. The van der Waals surface area contributed by atoms with Crippen molar-refractivity contribution in [1.82, 2.24) is 9.97 Å². The highest BCUT2D eigenvalue weighted by Crippen LogP contribution is 2.18. The molecule has 2 rings (SSSR count). The smallest absolute Gasteiger partial charge is 0.287 e. The summed E-state index contributed by atoms with van der Waals surface area (Å²) in [6.07, 6.45) is 4.29. The average Bonchev–Trinajstić information content (AvgIpc) is 2.46. The van der Waals surface area contributed by atoms with Gasteiger partial charge in [0.1, 0.15) is 0 Å². The van der Waals surface area contributed by atoms with Gasteiger partial charge in [0.15, 0.2) is 5.82 Å². The van der Waals surface area contributed by atoms with Gasteiger partial charge in [-0.3, -0.25) is 4.79 Å². The van der Waals surface area contributed by atoms with E-state index in [2.05, 4.69) is 9.97 Å². The average molecular weight is 185 g/mol. The van der Waals surface area contributed by atoms with Crippen LogP contribution in [-0.2, 0) is 12.8 Å². The molecule has 0 saturated carbocycles. The minimum atomic E-state index is -0.496. The highest BCUT2D eigenvalue weighted by Gasteiger charge is 2.16.